The molecule has 0 aliphatic rings. The first-order valence-electron chi connectivity index (χ1n) is 8.10. The Bertz CT molecular complexity index is 890. The van der Waals surface area contributed by atoms with Crippen LogP contribution in [0, 0.1) is 6.92 Å². The van der Waals surface area contributed by atoms with Crippen molar-refractivity contribution in [3.8, 4) is 5.75 Å². The van der Waals surface area contributed by atoms with Crippen LogP contribution in [0.2, 0.25) is 0 Å². The highest BCUT2D eigenvalue weighted by molar-refractivity contribution is 6.03. The van der Waals surface area contributed by atoms with Crippen LogP contribution in [0.5, 0.6) is 5.75 Å². The Balaban J connectivity index is 1.69. The maximum Gasteiger partial charge on any atom is 0.275 e. The highest BCUT2D eigenvalue weighted by Gasteiger charge is 2.12. The van der Waals surface area contributed by atoms with Crippen LogP contribution in [0.25, 0.3) is 0 Å². The molecule has 3 aromatic rings. The Morgan fingerprint density at radius 2 is 1.96 bits per heavy atom. The van der Waals surface area contributed by atoms with E-state index in [1.807, 2.05) is 26.0 Å². The summed E-state index contributed by atoms with van der Waals surface area (Å²) in [5, 5.41) is 9.54. The Labute approximate surface area is 150 Å². The van der Waals surface area contributed by atoms with E-state index < -0.39 is 0 Å². The monoisotopic (exact) mass is 353 g/mol. The number of rotatable bonds is 6. The zero-order chi connectivity index (χ0) is 18.5. The van der Waals surface area contributed by atoms with Gasteiger partial charge >= 0.3 is 0 Å². The molecular weight excluding hydrogens is 334 g/mol. The zero-order valence-corrected chi connectivity index (χ0v) is 14.7. The summed E-state index contributed by atoms with van der Waals surface area (Å²) in [6.45, 7) is 5.64. The van der Waals surface area contributed by atoms with Crippen molar-refractivity contribution in [1.82, 2.24) is 15.1 Å². The average Bonchev–Trinajstić information content (AvgIpc) is 3.01. The molecule has 8 heteroatoms. The summed E-state index contributed by atoms with van der Waals surface area (Å²) in [6.07, 6.45) is 2.84. The van der Waals surface area contributed by atoms with Crippen molar-refractivity contribution in [2.75, 3.05) is 10.6 Å². The summed E-state index contributed by atoms with van der Waals surface area (Å²) < 4.78 is 10.7. The lowest BCUT2D eigenvalue weighted by Crippen LogP contribution is -2.16. The van der Waals surface area contributed by atoms with E-state index in [2.05, 4.69) is 25.8 Å². The van der Waals surface area contributed by atoms with Gasteiger partial charge in [-0.1, -0.05) is 17.3 Å². The molecule has 0 atom stereocenters. The van der Waals surface area contributed by atoms with Crippen LogP contribution in [-0.4, -0.2) is 27.1 Å². The summed E-state index contributed by atoms with van der Waals surface area (Å²) >= 11 is 0. The van der Waals surface area contributed by atoms with E-state index in [0.29, 0.717) is 28.8 Å². The van der Waals surface area contributed by atoms with Gasteiger partial charge in [-0.3, -0.25) is 4.79 Å². The van der Waals surface area contributed by atoms with Gasteiger partial charge in [0, 0.05) is 6.07 Å². The lowest BCUT2D eigenvalue weighted by Gasteiger charge is -2.14. The molecule has 8 nitrogen and oxygen atoms in total. The smallest absolute Gasteiger partial charge is 0.275 e. The number of para-hydroxylation sites is 2. The van der Waals surface area contributed by atoms with Gasteiger partial charge in [0.1, 0.15) is 23.0 Å². The maximum absolute atomic E-state index is 12.4. The molecule has 0 bridgehead atoms. The molecule has 26 heavy (non-hydrogen) atoms. The van der Waals surface area contributed by atoms with Crippen molar-refractivity contribution >= 4 is 23.2 Å². The molecule has 0 saturated carbocycles. The summed E-state index contributed by atoms with van der Waals surface area (Å²) in [6, 6.07) is 8.97. The number of hydrogen-bond acceptors (Lipinski definition) is 7. The van der Waals surface area contributed by atoms with Gasteiger partial charge < -0.3 is 19.9 Å². The van der Waals surface area contributed by atoms with Crippen LogP contribution in [0.3, 0.4) is 0 Å². The molecule has 0 saturated heterocycles. The average molecular weight is 353 g/mol. The van der Waals surface area contributed by atoms with Gasteiger partial charge in [-0.2, -0.15) is 0 Å². The van der Waals surface area contributed by atoms with Gasteiger partial charge in [0.25, 0.3) is 5.91 Å². The highest BCUT2D eigenvalue weighted by atomic mass is 16.5. The number of aryl methyl sites for hydroxylation is 1. The topological polar surface area (TPSA) is 102 Å². The number of benzene rings is 1. The molecule has 1 amide bonds. The lowest BCUT2D eigenvalue weighted by molar-refractivity contribution is 0.102. The fraction of sp³-hybridized carbons (Fsp3) is 0.222. The van der Waals surface area contributed by atoms with E-state index in [9.17, 15) is 4.79 Å². The van der Waals surface area contributed by atoms with E-state index in [0.717, 1.165) is 0 Å². The fourth-order valence-corrected chi connectivity index (χ4v) is 2.18. The first kappa shape index (κ1) is 17.4. The number of nitrogens with zero attached hydrogens (tertiary/aromatic N) is 3. The third-order valence-corrected chi connectivity index (χ3v) is 3.27. The number of amides is 1. The Hall–Kier alpha value is -3.42. The number of aromatic nitrogens is 3. The Morgan fingerprint density at radius 3 is 2.62 bits per heavy atom. The second kappa shape index (κ2) is 7.64. The molecule has 134 valence electrons. The molecule has 0 spiro atoms. The van der Waals surface area contributed by atoms with Crippen LogP contribution in [-0.2, 0) is 0 Å². The van der Waals surface area contributed by atoms with Crippen molar-refractivity contribution in [3.63, 3.8) is 0 Å². The van der Waals surface area contributed by atoms with Crippen LogP contribution >= 0.6 is 0 Å². The van der Waals surface area contributed by atoms with Gasteiger partial charge in [0.15, 0.2) is 5.82 Å². The molecule has 0 aliphatic heterocycles. The highest BCUT2D eigenvalue weighted by Crippen LogP contribution is 2.25. The van der Waals surface area contributed by atoms with Gasteiger partial charge in [-0.15, -0.1) is 0 Å². The summed E-state index contributed by atoms with van der Waals surface area (Å²) in [5.41, 5.74) is 0.763. The first-order valence-corrected chi connectivity index (χ1v) is 8.10. The van der Waals surface area contributed by atoms with Crippen molar-refractivity contribution in [3.05, 3.63) is 54.2 Å². The molecule has 0 aliphatic carbocycles. The number of carbonyl (C=O) groups excluding carboxylic acids is 1. The third kappa shape index (κ3) is 4.35. The molecule has 0 unspecified atom stereocenters. The van der Waals surface area contributed by atoms with Gasteiger partial charge in [-0.05, 0) is 32.9 Å². The van der Waals surface area contributed by atoms with Gasteiger partial charge in [0.05, 0.1) is 24.2 Å². The number of nitrogens with one attached hydrogen (secondary N) is 2. The third-order valence-electron chi connectivity index (χ3n) is 3.27. The standard InChI is InChI=1S/C18H19N5O3/c1-11(2)25-15-7-5-4-6-13(15)21-18(24)14-9-20-17(10-19-14)22-16-8-12(3)26-23-16/h4-11H,1-3H3,(H,21,24)(H,20,22,23). The van der Waals surface area contributed by atoms with E-state index >= 15 is 0 Å². The number of ether oxygens (including phenoxy) is 1. The molecule has 0 radical (unpaired) electrons. The largest absolute Gasteiger partial charge is 0.489 e. The normalized spacial score (nSPS) is 10.6. The first-order chi connectivity index (χ1) is 12.5. The Kier molecular flexibility index (Phi) is 5.12. The van der Waals surface area contributed by atoms with E-state index in [1.165, 1.54) is 12.4 Å². The van der Waals surface area contributed by atoms with Gasteiger partial charge in [-0.25, -0.2) is 9.97 Å². The molecule has 3 rings (SSSR count). The Morgan fingerprint density at radius 1 is 1.15 bits per heavy atom. The number of anilines is 3. The summed E-state index contributed by atoms with van der Waals surface area (Å²) in [5.74, 6) is 1.88. The molecule has 2 N–H and O–H groups in total. The minimum absolute atomic E-state index is 0.00151. The molecule has 2 heterocycles. The summed E-state index contributed by atoms with van der Waals surface area (Å²) in [4.78, 5) is 20.7. The number of carbonyl (C=O) groups is 1. The van der Waals surface area contributed by atoms with Crippen molar-refractivity contribution in [2.45, 2.75) is 26.9 Å². The SMILES string of the molecule is Cc1cc(Nc2cnc(C(=O)Nc3ccccc3OC(C)C)cn2)no1. The quantitative estimate of drug-likeness (QED) is 0.698. The van der Waals surface area contributed by atoms with Crippen molar-refractivity contribution in [1.29, 1.82) is 0 Å². The van der Waals surface area contributed by atoms with Crippen molar-refractivity contribution in [2.24, 2.45) is 0 Å². The van der Waals surface area contributed by atoms with E-state index in [1.54, 1.807) is 25.1 Å². The van der Waals surface area contributed by atoms with Crippen molar-refractivity contribution < 1.29 is 14.1 Å². The number of hydrogen-bond donors (Lipinski definition) is 2. The second-order valence-electron chi connectivity index (χ2n) is 5.85. The van der Waals surface area contributed by atoms with Crippen LogP contribution in [0.1, 0.15) is 30.1 Å². The van der Waals surface area contributed by atoms with E-state index in [-0.39, 0.29) is 17.7 Å². The fourth-order valence-electron chi connectivity index (χ4n) is 2.18. The van der Waals surface area contributed by atoms with Crippen LogP contribution in [0.15, 0.2) is 47.2 Å². The zero-order valence-electron chi connectivity index (χ0n) is 14.7. The molecule has 2 aromatic heterocycles. The second-order valence-corrected chi connectivity index (χ2v) is 5.85. The summed E-state index contributed by atoms with van der Waals surface area (Å²) in [7, 11) is 0. The molecule has 0 fully saturated rings. The van der Waals surface area contributed by atoms with Crippen LogP contribution in [0.4, 0.5) is 17.3 Å². The minimum Gasteiger partial charge on any atom is -0.489 e. The minimum atomic E-state index is -0.374. The predicted molar refractivity (Wildman–Crippen MR) is 96.7 cm³/mol. The maximum atomic E-state index is 12.4. The predicted octanol–water partition coefficient (Wildman–Crippen LogP) is 3.56. The van der Waals surface area contributed by atoms with Gasteiger partial charge in [0.2, 0.25) is 0 Å². The molecule has 1 aromatic carbocycles. The van der Waals surface area contributed by atoms with Crippen LogP contribution < -0.4 is 15.4 Å². The van der Waals surface area contributed by atoms with E-state index in [4.69, 9.17) is 9.26 Å². The lowest BCUT2D eigenvalue weighted by atomic mass is 10.2. The molecular formula is C18H19N5O3.